The van der Waals surface area contributed by atoms with Crippen LogP contribution in [0.5, 0.6) is 0 Å². The van der Waals surface area contributed by atoms with Crippen LogP contribution in [0.25, 0.3) is 0 Å². The molecule has 0 aliphatic carbocycles. The maximum Gasteiger partial charge on any atom is 0.148 e. The second-order valence-corrected chi connectivity index (χ2v) is 2.40. The number of benzene rings is 1. The molecule has 0 N–H and O–H groups in total. The molecule has 0 bridgehead atoms. The molecule has 0 saturated carbocycles. The summed E-state index contributed by atoms with van der Waals surface area (Å²) in [6.45, 7) is 4.09. The quantitative estimate of drug-likeness (QED) is 0.471. The molecule has 0 aliphatic rings. The first-order valence-corrected chi connectivity index (χ1v) is 3.39. The minimum Gasteiger partial charge on any atom is -0.0965 e. The second kappa shape index (κ2) is 2.96. The molecule has 0 amide bonds. The Morgan fingerprint density at radius 1 is 1.40 bits per heavy atom. The smallest absolute Gasteiger partial charge is 0.0965 e. The zero-order valence-corrected chi connectivity index (χ0v) is 6.39. The Bertz CT molecular complexity index is 231. The third-order valence-electron chi connectivity index (χ3n) is 1.60. The first-order chi connectivity index (χ1) is 4.74. The Morgan fingerprint density at radius 2 is 2.10 bits per heavy atom. The molecule has 1 aromatic carbocycles. The van der Waals surface area contributed by atoms with Gasteiger partial charge in [0.05, 0.1) is 0 Å². The van der Waals surface area contributed by atoms with Gasteiger partial charge >= 0.3 is 0 Å². The second-order valence-electron chi connectivity index (χ2n) is 2.40. The highest BCUT2D eigenvalue weighted by molar-refractivity contribution is 6.52. The lowest BCUT2D eigenvalue weighted by Crippen LogP contribution is -2.18. The maximum atomic E-state index is 5.57. The fraction of sp³-hybridized carbons (Fsp3) is 0.250. The van der Waals surface area contributed by atoms with Crippen LogP contribution in [0.4, 0.5) is 0 Å². The number of aryl methyl sites for hydroxylation is 1. The van der Waals surface area contributed by atoms with Gasteiger partial charge in [-0.25, -0.2) is 0 Å². The molecule has 47 valence electrons. The molecule has 0 aliphatic heterocycles. The fourth-order valence-corrected chi connectivity index (χ4v) is 1.02. The van der Waals surface area contributed by atoms with Gasteiger partial charge in [-0.15, -0.1) is 0 Å². The van der Waals surface area contributed by atoms with Gasteiger partial charge in [-0.05, 0) is 6.92 Å². The molecule has 1 aromatic rings. The van der Waals surface area contributed by atoms with Gasteiger partial charge in [0.15, 0.2) is 0 Å². The summed E-state index contributed by atoms with van der Waals surface area (Å²) in [5.74, 6) is 0. The van der Waals surface area contributed by atoms with Gasteiger partial charge in [-0.3, -0.25) is 0 Å². The molecule has 0 spiro atoms. The molecule has 1 rings (SSSR count). The average Bonchev–Trinajstić information content (AvgIpc) is 1.88. The summed E-state index contributed by atoms with van der Waals surface area (Å²) >= 11 is 0. The van der Waals surface area contributed by atoms with Crippen molar-refractivity contribution in [2.24, 2.45) is 0 Å². The first-order valence-electron chi connectivity index (χ1n) is 3.39. The molecule has 2 heteroatoms. The SMILES string of the molecule is [B]c1ccc([B]C)c(C)c1. The van der Waals surface area contributed by atoms with Crippen LogP contribution in [0.15, 0.2) is 18.2 Å². The highest BCUT2D eigenvalue weighted by Crippen LogP contribution is 1.88. The van der Waals surface area contributed by atoms with Gasteiger partial charge in [0, 0.05) is 0 Å². The van der Waals surface area contributed by atoms with Crippen LogP contribution in [-0.4, -0.2) is 15.1 Å². The predicted octanol–water partition coefficient (Wildman–Crippen LogP) is 0.166. The molecule has 0 heterocycles. The molecular formula is C8H9B2. The van der Waals surface area contributed by atoms with Crippen LogP contribution in [-0.2, 0) is 0 Å². The van der Waals surface area contributed by atoms with Crippen molar-refractivity contribution in [3.63, 3.8) is 0 Å². The molecule has 0 unspecified atom stereocenters. The van der Waals surface area contributed by atoms with Crippen LogP contribution < -0.4 is 10.9 Å². The Kier molecular flexibility index (Phi) is 2.21. The summed E-state index contributed by atoms with van der Waals surface area (Å²) in [4.78, 5) is 0. The van der Waals surface area contributed by atoms with Crippen molar-refractivity contribution in [2.75, 3.05) is 0 Å². The normalized spacial score (nSPS) is 9.40. The van der Waals surface area contributed by atoms with E-state index in [1.807, 2.05) is 25.0 Å². The van der Waals surface area contributed by atoms with Gasteiger partial charge in [0.25, 0.3) is 0 Å². The summed E-state index contributed by atoms with van der Waals surface area (Å²) in [6.07, 6.45) is 0. The zero-order valence-electron chi connectivity index (χ0n) is 6.39. The summed E-state index contributed by atoms with van der Waals surface area (Å²) in [5.41, 5.74) is 3.33. The van der Waals surface area contributed by atoms with E-state index >= 15 is 0 Å². The van der Waals surface area contributed by atoms with Crippen molar-refractivity contribution < 1.29 is 0 Å². The van der Waals surface area contributed by atoms with Crippen molar-refractivity contribution in [2.45, 2.75) is 13.7 Å². The van der Waals surface area contributed by atoms with Crippen molar-refractivity contribution in [1.29, 1.82) is 0 Å². The molecule has 0 aromatic heterocycles. The van der Waals surface area contributed by atoms with Crippen LogP contribution in [0, 0.1) is 6.92 Å². The van der Waals surface area contributed by atoms with E-state index in [2.05, 4.69) is 14.2 Å². The van der Waals surface area contributed by atoms with Crippen LogP contribution in [0.1, 0.15) is 5.56 Å². The molecule has 0 nitrogen and oxygen atoms in total. The van der Waals surface area contributed by atoms with Gasteiger partial charge in [0.1, 0.15) is 15.1 Å². The van der Waals surface area contributed by atoms with E-state index in [0.717, 1.165) is 5.46 Å². The number of hydrogen-bond acceptors (Lipinski definition) is 0. The van der Waals surface area contributed by atoms with E-state index in [-0.39, 0.29) is 0 Å². The lowest BCUT2D eigenvalue weighted by atomic mass is 9.70. The van der Waals surface area contributed by atoms with Crippen LogP contribution >= 0.6 is 0 Å². The highest BCUT2D eigenvalue weighted by atomic mass is 13.9. The van der Waals surface area contributed by atoms with Gasteiger partial charge in [-0.2, -0.15) is 0 Å². The topological polar surface area (TPSA) is 0 Å². The minimum atomic E-state index is 0.836. The summed E-state index contributed by atoms with van der Waals surface area (Å²) in [7, 11) is 7.65. The van der Waals surface area contributed by atoms with E-state index in [1.165, 1.54) is 11.0 Å². The minimum absolute atomic E-state index is 0.836. The number of rotatable bonds is 1. The monoisotopic (exact) mass is 127 g/mol. The Hall–Kier alpha value is -0.650. The van der Waals surface area contributed by atoms with Gasteiger partial charge < -0.3 is 0 Å². The third kappa shape index (κ3) is 1.44. The largest absolute Gasteiger partial charge is 0.148 e. The van der Waals surface area contributed by atoms with Crippen molar-refractivity contribution >= 4 is 26.1 Å². The van der Waals surface area contributed by atoms with E-state index < -0.39 is 0 Å². The van der Waals surface area contributed by atoms with Gasteiger partial charge in [-0.1, -0.05) is 41.5 Å². The Balaban J connectivity index is 3.07. The highest BCUT2D eigenvalue weighted by Gasteiger charge is 1.93. The number of hydrogen-bond donors (Lipinski definition) is 0. The maximum absolute atomic E-state index is 5.57. The van der Waals surface area contributed by atoms with E-state index in [9.17, 15) is 0 Å². The molecule has 0 atom stereocenters. The van der Waals surface area contributed by atoms with E-state index in [1.54, 1.807) is 0 Å². The lowest BCUT2D eigenvalue weighted by molar-refractivity contribution is 1.54. The molecule has 3 radical (unpaired) electrons. The van der Waals surface area contributed by atoms with Gasteiger partial charge in [0.2, 0.25) is 0 Å². The third-order valence-corrected chi connectivity index (χ3v) is 1.60. The average molecular weight is 127 g/mol. The summed E-state index contributed by atoms with van der Waals surface area (Å²) < 4.78 is 0. The Labute approximate surface area is 64.3 Å². The van der Waals surface area contributed by atoms with Crippen molar-refractivity contribution in [3.8, 4) is 0 Å². The van der Waals surface area contributed by atoms with Crippen molar-refractivity contribution in [1.82, 2.24) is 0 Å². The summed E-state index contributed by atoms with van der Waals surface area (Å²) in [6, 6.07) is 5.93. The molecule has 10 heavy (non-hydrogen) atoms. The molecular weight excluding hydrogens is 118 g/mol. The predicted molar refractivity (Wildman–Crippen MR) is 47.8 cm³/mol. The van der Waals surface area contributed by atoms with Crippen LogP contribution in [0.3, 0.4) is 0 Å². The summed E-state index contributed by atoms with van der Waals surface area (Å²) in [5, 5.41) is 0. The zero-order chi connectivity index (χ0) is 7.56. The molecule has 0 fully saturated rings. The van der Waals surface area contributed by atoms with Crippen molar-refractivity contribution in [3.05, 3.63) is 23.8 Å². The van der Waals surface area contributed by atoms with E-state index in [4.69, 9.17) is 7.85 Å². The molecule has 0 saturated heterocycles. The van der Waals surface area contributed by atoms with Crippen LogP contribution in [0.2, 0.25) is 6.82 Å². The standard InChI is InChI=1S/C8H9B2/c1-6-5-7(9)3-4-8(6)10-2/h3-5H,1-2H3. The lowest BCUT2D eigenvalue weighted by Gasteiger charge is -2.02. The van der Waals surface area contributed by atoms with E-state index in [0.29, 0.717) is 0 Å². The first kappa shape index (κ1) is 7.46. The fourth-order valence-electron chi connectivity index (χ4n) is 1.02. The Morgan fingerprint density at radius 3 is 2.60 bits per heavy atom.